The molecule has 5 nitrogen and oxygen atoms in total. The van der Waals surface area contributed by atoms with Crippen LogP contribution in [0.1, 0.15) is 18.7 Å². The molecule has 1 amide bonds. The van der Waals surface area contributed by atoms with Gasteiger partial charge in [-0.05, 0) is 36.9 Å². The van der Waals surface area contributed by atoms with Gasteiger partial charge in [-0.2, -0.15) is 0 Å². The van der Waals surface area contributed by atoms with Gasteiger partial charge in [-0.3, -0.25) is 9.69 Å². The number of nitrogens with zero attached hydrogens (tertiary/aromatic N) is 1. The highest BCUT2D eigenvalue weighted by Crippen LogP contribution is 2.51. The topological polar surface area (TPSA) is 77.8 Å². The molecular formula is C15H15NO4S2. The number of aliphatic hydroxyl groups excluding tert-OH is 1. The molecule has 3 heterocycles. The van der Waals surface area contributed by atoms with Crippen LogP contribution >= 0.6 is 23.1 Å². The number of aliphatic hydroxyl groups is 1. The van der Waals surface area contributed by atoms with Gasteiger partial charge in [-0.25, -0.2) is 4.79 Å². The maximum atomic E-state index is 12.1. The lowest BCUT2D eigenvalue weighted by Crippen LogP contribution is -2.60. The first kappa shape index (κ1) is 15.3. The molecule has 1 saturated heterocycles. The van der Waals surface area contributed by atoms with Crippen LogP contribution in [-0.4, -0.2) is 38.5 Å². The second kappa shape index (κ2) is 5.57. The summed E-state index contributed by atoms with van der Waals surface area (Å²) in [6.07, 6.45) is 1.03. The summed E-state index contributed by atoms with van der Waals surface area (Å²) in [5, 5.41) is 20.8. The van der Waals surface area contributed by atoms with Crippen LogP contribution in [0.15, 0.2) is 34.2 Å². The summed E-state index contributed by atoms with van der Waals surface area (Å²) < 4.78 is 0. The summed E-state index contributed by atoms with van der Waals surface area (Å²) in [5.41, 5.74) is 0.979. The molecule has 1 aromatic heterocycles. The Labute approximate surface area is 135 Å². The number of hydrogen-bond acceptors (Lipinski definition) is 5. The zero-order valence-electron chi connectivity index (χ0n) is 12.0. The van der Waals surface area contributed by atoms with E-state index in [0.29, 0.717) is 4.91 Å². The number of thiophene rings is 1. The number of carboxylic acid groups (broad SMARTS) is 1. The van der Waals surface area contributed by atoms with Crippen molar-refractivity contribution in [1.82, 2.24) is 4.90 Å². The first-order chi connectivity index (χ1) is 10.4. The molecule has 3 atom stereocenters. The van der Waals surface area contributed by atoms with Gasteiger partial charge >= 0.3 is 5.97 Å². The highest BCUT2D eigenvalue weighted by atomic mass is 32.2. The predicted octanol–water partition coefficient (Wildman–Crippen LogP) is 2.36. The van der Waals surface area contributed by atoms with Crippen molar-refractivity contribution >= 4 is 40.5 Å². The van der Waals surface area contributed by atoms with E-state index in [9.17, 15) is 19.8 Å². The average molecular weight is 337 g/mol. The molecule has 2 aliphatic rings. The summed E-state index contributed by atoms with van der Waals surface area (Å²) in [6.45, 7) is 3.48. The van der Waals surface area contributed by atoms with Crippen LogP contribution in [0.3, 0.4) is 0 Å². The van der Waals surface area contributed by atoms with Gasteiger partial charge in [0.25, 0.3) is 0 Å². The highest BCUT2D eigenvalue weighted by molar-refractivity contribution is 8.04. The SMILES string of the molecule is C/C(=C\C1=C(C(=O)O)N2C(=O)[C@H](C(C)O)[C@H]2S1)c1cccs1. The number of carbonyl (C=O) groups excluding carboxylic acids is 1. The average Bonchev–Trinajstić information content (AvgIpc) is 3.04. The van der Waals surface area contributed by atoms with E-state index in [1.165, 1.54) is 16.7 Å². The van der Waals surface area contributed by atoms with Gasteiger partial charge in [-0.15, -0.1) is 11.3 Å². The molecule has 0 aromatic carbocycles. The van der Waals surface area contributed by atoms with Crippen LogP contribution in [0, 0.1) is 5.92 Å². The van der Waals surface area contributed by atoms with Crippen molar-refractivity contribution < 1.29 is 19.8 Å². The zero-order valence-corrected chi connectivity index (χ0v) is 13.6. The number of thioether (sulfide) groups is 1. The molecule has 1 aromatic rings. The first-order valence-corrected chi connectivity index (χ1v) is 8.55. The Kier molecular flexibility index (Phi) is 3.88. The number of amides is 1. The number of fused-ring (bicyclic) bond motifs is 1. The standard InChI is InChI=1S/C15H15NO4S2/c1-7(9-4-3-5-21-9)6-10-12(15(19)20)16-13(18)11(8(2)17)14(16)22-10/h3-6,8,11,14,17H,1-2H3,(H,19,20)/b7-6+/t8?,11-,14+/m0/s1. The van der Waals surface area contributed by atoms with Crippen molar-refractivity contribution in [3.05, 3.63) is 39.1 Å². The second-order valence-corrected chi connectivity index (χ2v) is 7.41. The van der Waals surface area contributed by atoms with Crippen molar-refractivity contribution in [2.75, 3.05) is 0 Å². The molecule has 0 spiro atoms. The fourth-order valence-electron chi connectivity index (χ4n) is 2.68. The first-order valence-electron chi connectivity index (χ1n) is 6.79. The van der Waals surface area contributed by atoms with Crippen molar-refractivity contribution in [3.8, 4) is 0 Å². The Morgan fingerprint density at radius 3 is 2.77 bits per heavy atom. The third kappa shape index (κ3) is 2.29. The number of allylic oxidation sites excluding steroid dienone is 2. The molecule has 2 aliphatic heterocycles. The molecule has 22 heavy (non-hydrogen) atoms. The molecule has 116 valence electrons. The number of rotatable bonds is 4. The Hall–Kier alpha value is -1.57. The highest BCUT2D eigenvalue weighted by Gasteiger charge is 2.57. The molecule has 0 saturated carbocycles. The van der Waals surface area contributed by atoms with Crippen molar-refractivity contribution in [1.29, 1.82) is 0 Å². The minimum Gasteiger partial charge on any atom is -0.477 e. The van der Waals surface area contributed by atoms with E-state index in [-0.39, 0.29) is 17.0 Å². The van der Waals surface area contributed by atoms with Crippen LogP contribution in [0.2, 0.25) is 0 Å². The molecule has 1 unspecified atom stereocenters. The number of hydrogen-bond donors (Lipinski definition) is 2. The van der Waals surface area contributed by atoms with Crippen molar-refractivity contribution in [2.45, 2.75) is 25.3 Å². The molecule has 0 radical (unpaired) electrons. The lowest BCUT2D eigenvalue weighted by atomic mass is 9.92. The zero-order chi connectivity index (χ0) is 16.0. The number of carbonyl (C=O) groups is 2. The van der Waals surface area contributed by atoms with Gasteiger partial charge in [0.1, 0.15) is 11.1 Å². The summed E-state index contributed by atoms with van der Waals surface area (Å²) in [5.74, 6) is -1.97. The van der Waals surface area contributed by atoms with Crippen LogP contribution in [0.4, 0.5) is 0 Å². The summed E-state index contributed by atoms with van der Waals surface area (Å²) in [7, 11) is 0. The van der Waals surface area contributed by atoms with Gasteiger partial charge in [-0.1, -0.05) is 17.8 Å². The van der Waals surface area contributed by atoms with E-state index in [1.807, 2.05) is 30.5 Å². The molecular weight excluding hydrogens is 322 g/mol. The Balaban J connectivity index is 1.96. The minimum absolute atomic E-state index is 0.0211. The van der Waals surface area contributed by atoms with Gasteiger partial charge in [0.15, 0.2) is 0 Å². The van der Waals surface area contributed by atoms with E-state index in [2.05, 4.69) is 0 Å². The van der Waals surface area contributed by atoms with Crippen LogP contribution in [-0.2, 0) is 9.59 Å². The fourth-order valence-corrected chi connectivity index (χ4v) is 4.99. The molecule has 0 bridgehead atoms. The molecule has 0 aliphatic carbocycles. The normalized spacial score (nSPS) is 26.0. The summed E-state index contributed by atoms with van der Waals surface area (Å²) in [4.78, 5) is 26.6. The van der Waals surface area contributed by atoms with E-state index in [4.69, 9.17) is 0 Å². The van der Waals surface area contributed by atoms with Gasteiger partial charge in [0.2, 0.25) is 5.91 Å². The Morgan fingerprint density at radius 2 is 2.23 bits per heavy atom. The minimum atomic E-state index is -1.11. The maximum absolute atomic E-state index is 12.1. The third-order valence-corrected chi connectivity index (χ3v) is 6.10. The second-order valence-electron chi connectivity index (χ2n) is 5.31. The lowest BCUT2D eigenvalue weighted by Gasteiger charge is -2.43. The molecule has 7 heteroatoms. The van der Waals surface area contributed by atoms with Gasteiger partial charge in [0, 0.05) is 9.78 Å². The van der Waals surface area contributed by atoms with E-state index < -0.39 is 18.0 Å². The largest absolute Gasteiger partial charge is 0.477 e. The number of aliphatic carboxylic acids is 1. The predicted molar refractivity (Wildman–Crippen MR) is 86.0 cm³/mol. The van der Waals surface area contributed by atoms with E-state index >= 15 is 0 Å². The number of β-lactam (4-membered cyclic amide) rings is 1. The maximum Gasteiger partial charge on any atom is 0.353 e. The van der Waals surface area contributed by atoms with Crippen molar-refractivity contribution in [2.24, 2.45) is 5.92 Å². The van der Waals surface area contributed by atoms with Crippen LogP contribution < -0.4 is 0 Å². The Morgan fingerprint density at radius 1 is 1.50 bits per heavy atom. The number of carboxylic acids is 1. The lowest BCUT2D eigenvalue weighted by molar-refractivity contribution is -0.156. The van der Waals surface area contributed by atoms with Gasteiger partial charge in [0.05, 0.1) is 12.0 Å². The third-order valence-electron chi connectivity index (χ3n) is 3.79. The fraction of sp³-hybridized carbons (Fsp3) is 0.333. The smallest absolute Gasteiger partial charge is 0.353 e. The van der Waals surface area contributed by atoms with E-state index in [1.54, 1.807) is 18.3 Å². The summed E-state index contributed by atoms with van der Waals surface area (Å²) >= 11 is 2.91. The van der Waals surface area contributed by atoms with Gasteiger partial charge < -0.3 is 10.2 Å². The Bertz CT molecular complexity index is 690. The molecule has 3 rings (SSSR count). The molecule has 1 fully saturated rings. The quantitative estimate of drug-likeness (QED) is 0.825. The van der Waals surface area contributed by atoms with Crippen LogP contribution in [0.5, 0.6) is 0 Å². The monoisotopic (exact) mass is 337 g/mol. The summed E-state index contributed by atoms with van der Waals surface area (Å²) in [6, 6.07) is 3.90. The van der Waals surface area contributed by atoms with Crippen LogP contribution in [0.25, 0.3) is 5.57 Å². The van der Waals surface area contributed by atoms with E-state index in [0.717, 1.165) is 10.5 Å². The molecule has 2 N–H and O–H groups in total. The van der Waals surface area contributed by atoms with Crippen molar-refractivity contribution in [3.63, 3.8) is 0 Å².